The van der Waals surface area contributed by atoms with E-state index in [-0.39, 0.29) is 11.7 Å². The molecular weight excluding hydrogens is 657 g/mol. The Hall–Kier alpha value is -5.22. The van der Waals surface area contributed by atoms with Gasteiger partial charge < -0.3 is 19.2 Å². The molecule has 10 nitrogen and oxygen atoms in total. The number of nitrogens with zero attached hydrogens (tertiary/aromatic N) is 8. The minimum absolute atomic E-state index is 0.209. The summed E-state index contributed by atoms with van der Waals surface area (Å²) in [5, 5.41) is 20.9. The molecule has 0 saturated carbocycles. The minimum atomic E-state index is -0.709. The van der Waals surface area contributed by atoms with Crippen LogP contribution in [0.1, 0.15) is 39.1 Å². The lowest BCUT2D eigenvalue weighted by Gasteiger charge is -2.35. The molecule has 6 heterocycles. The standard InChI is InChI=1S/C32H18N8O2S4/c1-31(2)27-25(45-29(39-27)19-7-9-23(43-19)37-21(13-33)35-5)15-12-18-16(11-17(15)41-31)26-28(32(3,4)42-18)40-30(46-26)20-8-10-24(44-20)38-22(14-34)36-6/h7-12H,1-4H3. The van der Waals surface area contributed by atoms with Crippen molar-refractivity contribution in [1.29, 1.82) is 10.5 Å². The summed E-state index contributed by atoms with van der Waals surface area (Å²) < 4.78 is 13.2. The SMILES string of the molecule is [C-]#[N+]C(C#N)=Nc1ccc(-c2nc3c(s2)-c2cc4c(cc2OC3(C)C)-c2sc(-c3ccc(N=C(C#N)[N+]#[C-])s3)nc2C(C)(C)O4)s1. The van der Waals surface area contributed by atoms with Gasteiger partial charge in [0.2, 0.25) is 10.0 Å². The molecule has 2 aliphatic rings. The quantitative estimate of drug-likeness (QED) is 0.106. The van der Waals surface area contributed by atoms with Crippen LogP contribution in [0.3, 0.4) is 0 Å². The van der Waals surface area contributed by atoms with Gasteiger partial charge in [-0.1, -0.05) is 45.8 Å². The monoisotopic (exact) mass is 674 g/mol. The van der Waals surface area contributed by atoms with Gasteiger partial charge >= 0.3 is 11.7 Å². The van der Waals surface area contributed by atoms with Crippen molar-refractivity contribution in [2.75, 3.05) is 0 Å². The highest BCUT2D eigenvalue weighted by Gasteiger charge is 2.41. The second-order valence-corrected chi connectivity index (χ2v) is 15.2. The number of aromatic nitrogens is 2. The second-order valence-electron chi connectivity index (χ2n) is 11.1. The number of thiazole rings is 2. The number of hydrogen-bond donors (Lipinski definition) is 0. The summed E-state index contributed by atoms with van der Waals surface area (Å²) in [5.41, 5.74) is 2.01. The lowest BCUT2D eigenvalue weighted by atomic mass is 9.92. The molecule has 0 aliphatic carbocycles. The maximum atomic E-state index is 9.09. The van der Waals surface area contributed by atoms with Gasteiger partial charge in [-0.15, -0.1) is 22.7 Å². The topological polar surface area (TPSA) is 125 Å². The molecule has 1 aromatic carbocycles. The molecule has 7 rings (SSSR count). The van der Waals surface area contributed by atoms with Gasteiger partial charge in [0, 0.05) is 11.1 Å². The number of amidine groups is 2. The Kier molecular flexibility index (Phi) is 6.86. The largest absolute Gasteiger partial charge is 0.481 e. The van der Waals surface area contributed by atoms with Crippen LogP contribution in [0.25, 0.3) is 50.3 Å². The normalized spacial score (nSPS) is 15.4. The van der Waals surface area contributed by atoms with Crippen LogP contribution in [0.2, 0.25) is 0 Å². The third kappa shape index (κ3) is 4.85. The van der Waals surface area contributed by atoms with Crippen LogP contribution < -0.4 is 9.47 Å². The molecule has 0 bridgehead atoms. The van der Waals surface area contributed by atoms with Crippen molar-refractivity contribution in [3.05, 3.63) is 70.6 Å². The first-order valence-corrected chi connectivity index (χ1v) is 16.8. The number of rotatable bonds is 4. The van der Waals surface area contributed by atoms with Gasteiger partial charge in [0.15, 0.2) is 0 Å². The molecule has 0 radical (unpaired) electrons. The molecule has 46 heavy (non-hydrogen) atoms. The molecule has 5 aromatic rings. The molecule has 0 atom stereocenters. The van der Waals surface area contributed by atoms with Gasteiger partial charge in [-0.2, -0.15) is 0 Å². The summed E-state index contributed by atoms with van der Waals surface area (Å²) in [4.78, 5) is 28.3. The average molecular weight is 675 g/mol. The van der Waals surface area contributed by atoms with Gasteiger partial charge in [-0.3, -0.25) is 0 Å². The van der Waals surface area contributed by atoms with E-state index in [0.29, 0.717) is 10.0 Å². The highest BCUT2D eigenvalue weighted by molar-refractivity contribution is 7.25. The fourth-order valence-electron chi connectivity index (χ4n) is 5.13. The molecule has 0 amide bonds. The maximum absolute atomic E-state index is 9.09. The van der Waals surface area contributed by atoms with Crippen molar-refractivity contribution >= 4 is 67.0 Å². The van der Waals surface area contributed by atoms with Crippen molar-refractivity contribution in [3.8, 4) is 64.3 Å². The van der Waals surface area contributed by atoms with Crippen molar-refractivity contribution in [3.63, 3.8) is 0 Å². The van der Waals surface area contributed by atoms with Gasteiger partial charge in [0.25, 0.3) is 0 Å². The van der Waals surface area contributed by atoms with E-state index in [9.17, 15) is 0 Å². The van der Waals surface area contributed by atoms with Crippen molar-refractivity contribution in [2.24, 2.45) is 9.98 Å². The first-order chi connectivity index (χ1) is 22.0. The summed E-state index contributed by atoms with van der Waals surface area (Å²) in [6.45, 7) is 22.2. The number of ether oxygens (including phenoxy) is 2. The maximum Gasteiger partial charge on any atom is 0.350 e. The van der Waals surface area contributed by atoms with E-state index in [1.807, 2.05) is 52.0 Å². The van der Waals surface area contributed by atoms with E-state index in [4.69, 9.17) is 43.1 Å². The zero-order chi connectivity index (χ0) is 32.4. The highest BCUT2D eigenvalue weighted by Crippen LogP contribution is 2.57. The van der Waals surface area contributed by atoms with Crippen LogP contribution in [0.4, 0.5) is 10.0 Å². The summed E-state index contributed by atoms with van der Waals surface area (Å²) >= 11 is 5.86. The summed E-state index contributed by atoms with van der Waals surface area (Å²) in [7, 11) is 0. The molecule has 14 heteroatoms. The number of nitriles is 2. The van der Waals surface area contributed by atoms with E-state index < -0.39 is 11.2 Å². The van der Waals surface area contributed by atoms with Crippen LogP contribution in [0.15, 0.2) is 46.4 Å². The van der Waals surface area contributed by atoms with Crippen LogP contribution in [-0.4, -0.2) is 21.6 Å². The van der Waals surface area contributed by atoms with Gasteiger partial charge in [-0.05, 0) is 64.1 Å². The smallest absolute Gasteiger partial charge is 0.350 e. The van der Waals surface area contributed by atoms with Crippen LogP contribution in [0.5, 0.6) is 11.5 Å². The first-order valence-electron chi connectivity index (χ1n) is 13.6. The zero-order valence-corrected chi connectivity index (χ0v) is 27.8. The number of aliphatic imine (C=N–C) groups is 2. The number of hydrogen-bond acceptors (Lipinski definition) is 12. The Balaban J connectivity index is 1.30. The fraction of sp³-hybridized carbons (Fsp3) is 0.188. The van der Waals surface area contributed by atoms with Crippen molar-refractivity contribution in [2.45, 2.75) is 38.9 Å². The highest BCUT2D eigenvalue weighted by atomic mass is 32.1. The Bertz CT molecular complexity index is 2140. The van der Waals surface area contributed by atoms with E-state index in [1.54, 1.807) is 46.9 Å². The third-order valence-electron chi connectivity index (χ3n) is 7.15. The average Bonchev–Trinajstić information content (AvgIpc) is 3.84. The van der Waals surface area contributed by atoms with Crippen LogP contribution in [0, 0.1) is 35.8 Å². The molecule has 2 aliphatic heterocycles. The lowest BCUT2D eigenvalue weighted by Crippen LogP contribution is -2.31. The molecular formula is C32H18N8O2S4. The van der Waals surface area contributed by atoms with Crippen molar-refractivity contribution in [1.82, 2.24) is 9.97 Å². The van der Waals surface area contributed by atoms with Gasteiger partial charge in [0.1, 0.15) is 56.2 Å². The minimum Gasteiger partial charge on any atom is -0.481 e. The third-order valence-corrected chi connectivity index (χ3v) is 11.6. The Morgan fingerprint density at radius 2 is 1.13 bits per heavy atom. The van der Waals surface area contributed by atoms with E-state index in [1.165, 1.54) is 22.7 Å². The van der Waals surface area contributed by atoms with E-state index in [2.05, 4.69) is 19.7 Å². The summed E-state index contributed by atoms with van der Waals surface area (Å²) in [5.74, 6) is 1.02. The lowest BCUT2D eigenvalue weighted by molar-refractivity contribution is 0.0957. The first kappa shape index (κ1) is 29.5. The number of fused-ring (bicyclic) bond motifs is 6. The Morgan fingerprint density at radius 3 is 1.50 bits per heavy atom. The molecule has 0 N–H and O–H groups in total. The molecule has 222 valence electrons. The number of benzene rings is 1. The Labute approximate surface area is 279 Å². The van der Waals surface area contributed by atoms with Crippen LogP contribution in [-0.2, 0) is 11.2 Å². The predicted molar refractivity (Wildman–Crippen MR) is 181 cm³/mol. The van der Waals surface area contributed by atoms with Gasteiger partial charge in [-0.25, -0.2) is 20.5 Å². The Morgan fingerprint density at radius 1 is 0.717 bits per heavy atom. The second kappa shape index (κ2) is 10.7. The van der Waals surface area contributed by atoms with Crippen LogP contribution >= 0.6 is 45.3 Å². The molecule has 0 spiro atoms. The summed E-state index contributed by atoms with van der Waals surface area (Å²) in [6, 6.07) is 15.0. The predicted octanol–water partition coefficient (Wildman–Crippen LogP) is 9.59. The number of thiophene rings is 2. The van der Waals surface area contributed by atoms with Gasteiger partial charge in [0.05, 0.1) is 19.5 Å². The zero-order valence-electron chi connectivity index (χ0n) is 24.5. The molecule has 0 saturated heterocycles. The molecule has 0 fully saturated rings. The fourth-order valence-corrected chi connectivity index (χ4v) is 9.46. The molecule has 4 aromatic heterocycles. The van der Waals surface area contributed by atoms with E-state index >= 15 is 0 Å². The van der Waals surface area contributed by atoms with E-state index in [0.717, 1.165) is 63.5 Å². The molecule has 0 unspecified atom stereocenters. The van der Waals surface area contributed by atoms with Crippen molar-refractivity contribution < 1.29 is 9.47 Å². The summed E-state index contributed by atoms with van der Waals surface area (Å²) in [6.07, 6.45) is 0.